The fourth-order valence-corrected chi connectivity index (χ4v) is 3.17. The number of thiocarbonyl (C=S) groups is 1. The van der Waals surface area contributed by atoms with Gasteiger partial charge in [-0.2, -0.15) is 0 Å². The van der Waals surface area contributed by atoms with Gasteiger partial charge in [-0.25, -0.2) is 0 Å². The number of aromatic amines is 2. The Kier molecular flexibility index (Phi) is 22.2. The number of esters is 1. The summed E-state index contributed by atoms with van der Waals surface area (Å²) < 4.78 is 15.2. The molecule has 1 unspecified atom stereocenters. The Morgan fingerprint density at radius 3 is 1.83 bits per heavy atom. The second kappa shape index (κ2) is 22.7. The molecule has 2 aromatic carbocycles. The molecule has 1 atom stereocenters. The van der Waals surface area contributed by atoms with Crippen LogP contribution in [0.1, 0.15) is 36.7 Å². The second-order valence-corrected chi connectivity index (χ2v) is 8.89. The topological polar surface area (TPSA) is 187 Å². The largest absolute Gasteiger partial charge is 1.00 e. The SMILES string of the molecule is CCOC(=O)C(C)C(=O)c1ccc(OC)cc1.CC[O-].COc1ccc(-c2[nH]c(=S)[nH]c(=O)c2C)cc1.NC([NH3+])=S.[Na+]. The number of H-pyrrole nitrogens is 2. The van der Waals surface area contributed by atoms with Crippen molar-refractivity contribution in [2.45, 2.75) is 27.7 Å². The zero-order valence-corrected chi connectivity index (χ0v) is 28.7. The third-order valence-electron chi connectivity index (χ3n) is 4.97. The van der Waals surface area contributed by atoms with Gasteiger partial charge in [-0.1, -0.05) is 6.92 Å². The number of ether oxygens (including phenoxy) is 3. The standard InChI is InChI=1S/C13H16O4.C12H12N2O2S.C2H5O.CH4N2S.Na/c1-4-17-13(15)9(2)12(14)10-5-7-11(16-3)8-6-10;1-7-10(13-12(17)14-11(7)15)8-3-5-9(16-2)6-4-8;1-2-3;2-1(3)4;/h5-9H,4H2,1-3H3;3-6H,1-2H3,(H2,13,14,15,17);2H2,1H3;(H4,2,3,4);/q;;-1;;+1/p+1. The van der Waals surface area contributed by atoms with Crippen molar-refractivity contribution in [1.29, 1.82) is 0 Å². The van der Waals surface area contributed by atoms with Gasteiger partial charge in [0.05, 0.1) is 26.5 Å². The van der Waals surface area contributed by atoms with E-state index in [2.05, 4.69) is 27.9 Å². The molecule has 11 nitrogen and oxygen atoms in total. The number of hydrogen-bond acceptors (Lipinski definition) is 9. The minimum atomic E-state index is -0.775. The molecule has 1 heterocycles. The summed E-state index contributed by atoms with van der Waals surface area (Å²) in [6, 6.07) is 14.1. The smallest absolute Gasteiger partial charge is 0.855 e. The van der Waals surface area contributed by atoms with E-state index in [-0.39, 0.29) is 59.2 Å². The van der Waals surface area contributed by atoms with Crippen LogP contribution in [-0.4, -0.2) is 54.3 Å². The molecule has 0 fully saturated rings. The number of carbonyl (C=O) groups is 2. The first-order valence-corrected chi connectivity index (χ1v) is 13.2. The third-order valence-corrected chi connectivity index (χ3v) is 5.17. The molecule has 0 saturated heterocycles. The van der Waals surface area contributed by atoms with E-state index < -0.39 is 11.9 Å². The van der Waals surface area contributed by atoms with Gasteiger partial charge in [-0.15, -0.1) is 6.61 Å². The summed E-state index contributed by atoms with van der Waals surface area (Å²) in [4.78, 5) is 40.5. The Morgan fingerprint density at radius 1 is 1.00 bits per heavy atom. The molecule has 7 N–H and O–H groups in total. The number of Topliss-reactive ketones (excluding diaryl/α,β-unsaturated/α-hetero) is 1. The predicted octanol–water partition coefficient (Wildman–Crippen LogP) is -0.664. The maximum atomic E-state index is 11.9. The maximum absolute atomic E-state index is 11.9. The Hall–Kier alpha value is -2.91. The van der Waals surface area contributed by atoms with Crippen LogP contribution >= 0.6 is 24.4 Å². The van der Waals surface area contributed by atoms with Crippen molar-refractivity contribution < 1.29 is 64.2 Å². The van der Waals surface area contributed by atoms with Crippen LogP contribution in [0.2, 0.25) is 0 Å². The van der Waals surface area contributed by atoms with E-state index in [9.17, 15) is 14.4 Å². The monoisotopic (exact) mass is 629 g/mol. The molecule has 0 bridgehead atoms. The summed E-state index contributed by atoms with van der Waals surface area (Å²) in [6.07, 6.45) is 0. The number of methoxy groups -OCH3 is 2. The number of quaternary nitrogens is 1. The quantitative estimate of drug-likeness (QED) is 0.0859. The van der Waals surface area contributed by atoms with Crippen molar-refractivity contribution in [2.75, 3.05) is 27.4 Å². The fourth-order valence-electron chi connectivity index (χ4n) is 2.97. The van der Waals surface area contributed by atoms with Gasteiger partial charge in [-0.3, -0.25) is 19.4 Å². The van der Waals surface area contributed by atoms with Crippen LogP contribution < -0.4 is 61.2 Å². The molecule has 224 valence electrons. The Labute approximate surface area is 278 Å². The van der Waals surface area contributed by atoms with E-state index in [0.29, 0.717) is 21.6 Å². The van der Waals surface area contributed by atoms with Gasteiger partial charge in [0.25, 0.3) is 10.7 Å². The molecule has 0 aliphatic rings. The molecule has 0 spiro atoms. The van der Waals surface area contributed by atoms with Gasteiger partial charge in [0.2, 0.25) is 0 Å². The first kappa shape index (κ1) is 41.2. The normalized spacial score (nSPS) is 9.90. The Balaban J connectivity index is 0. The van der Waals surface area contributed by atoms with Gasteiger partial charge in [0.15, 0.2) is 10.6 Å². The number of hydrogen-bond donors (Lipinski definition) is 4. The summed E-state index contributed by atoms with van der Waals surface area (Å²) in [6.45, 7) is 6.86. The summed E-state index contributed by atoms with van der Waals surface area (Å²) >= 11 is 9.16. The van der Waals surface area contributed by atoms with Gasteiger partial charge >= 0.3 is 35.5 Å². The summed E-state index contributed by atoms with van der Waals surface area (Å²) in [7, 11) is 3.17. The Bertz CT molecular complexity index is 1360. The molecular formula is C28H38N4NaO7S2+. The number of rotatable bonds is 7. The molecule has 3 rings (SSSR count). The first-order chi connectivity index (χ1) is 19.4. The predicted molar refractivity (Wildman–Crippen MR) is 162 cm³/mol. The molecule has 0 amide bonds. The number of ketones is 1. The molecule has 3 aromatic rings. The van der Waals surface area contributed by atoms with Gasteiger partial charge in [0, 0.05) is 23.3 Å². The van der Waals surface area contributed by atoms with Crippen molar-refractivity contribution in [3.8, 4) is 22.8 Å². The summed E-state index contributed by atoms with van der Waals surface area (Å²) in [5.74, 6) is -0.0667. The van der Waals surface area contributed by atoms with E-state index in [1.54, 1.807) is 66.2 Å². The van der Waals surface area contributed by atoms with Gasteiger partial charge < -0.3 is 35.8 Å². The van der Waals surface area contributed by atoms with Crippen LogP contribution in [0, 0.1) is 17.6 Å². The molecule has 1 aromatic heterocycles. The van der Waals surface area contributed by atoms with Crippen molar-refractivity contribution in [3.63, 3.8) is 0 Å². The van der Waals surface area contributed by atoms with E-state index in [1.165, 1.54) is 0 Å². The number of benzene rings is 2. The van der Waals surface area contributed by atoms with Crippen LogP contribution in [0.5, 0.6) is 11.5 Å². The molecule has 0 radical (unpaired) electrons. The van der Waals surface area contributed by atoms with E-state index in [0.717, 1.165) is 17.0 Å². The molecule has 14 heteroatoms. The zero-order chi connectivity index (χ0) is 31.5. The number of nitrogens with one attached hydrogen (secondary N) is 2. The molecule has 42 heavy (non-hydrogen) atoms. The number of aromatic nitrogens is 2. The average Bonchev–Trinajstić information content (AvgIpc) is 2.95. The Morgan fingerprint density at radius 2 is 1.43 bits per heavy atom. The minimum Gasteiger partial charge on any atom is -0.855 e. The first-order valence-electron chi connectivity index (χ1n) is 12.4. The molecule has 0 aliphatic carbocycles. The van der Waals surface area contributed by atoms with E-state index in [1.807, 2.05) is 24.3 Å². The summed E-state index contributed by atoms with van der Waals surface area (Å²) in [5, 5.41) is 9.18. The van der Waals surface area contributed by atoms with Crippen molar-refractivity contribution in [2.24, 2.45) is 11.7 Å². The number of carbonyl (C=O) groups excluding carboxylic acids is 2. The average molecular weight is 630 g/mol. The molecule has 0 aliphatic heterocycles. The van der Waals surface area contributed by atoms with Crippen LogP contribution in [0.4, 0.5) is 0 Å². The van der Waals surface area contributed by atoms with Crippen molar-refractivity contribution >= 4 is 41.3 Å². The molecular weight excluding hydrogens is 591 g/mol. The third kappa shape index (κ3) is 15.4. The minimum absolute atomic E-state index is 0. The van der Waals surface area contributed by atoms with Gasteiger partial charge in [-0.05, 0) is 87.1 Å². The van der Waals surface area contributed by atoms with Crippen LogP contribution in [-0.2, 0) is 9.53 Å². The van der Waals surface area contributed by atoms with E-state index in [4.69, 9.17) is 37.3 Å². The van der Waals surface area contributed by atoms with Crippen molar-refractivity contribution in [3.05, 3.63) is 74.8 Å². The maximum Gasteiger partial charge on any atom is 1.00 e. The van der Waals surface area contributed by atoms with Gasteiger partial charge in [0.1, 0.15) is 17.4 Å². The van der Waals surface area contributed by atoms with E-state index >= 15 is 0 Å². The van der Waals surface area contributed by atoms with Crippen molar-refractivity contribution in [1.82, 2.24) is 9.97 Å². The van der Waals surface area contributed by atoms with Crippen LogP contribution in [0.3, 0.4) is 0 Å². The molecule has 0 saturated carbocycles. The van der Waals surface area contributed by atoms with Crippen LogP contribution in [0.15, 0.2) is 53.3 Å². The van der Waals surface area contributed by atoms with Crippen LogP contribution in [0.25, 0.3) is 11.3 Å². The number of nitrogens with two attached hydrogens (primary N) is 1. The second-order valence-electron chi connectivity index (χ2n) is 7.96. The fraction of sp³-hybridized carbons (Fsp3) is 0.321. The zero-order valence-electron chi connectivity index (χ0n) is 25.1. The summed E-state index contributed by atoms with van der Waals surface area (Å²) in [5.41, 5.74) is 10.4.